The zero-order valence-corrected chi connectivity index (χ0v) is 8.94. The molecule has 0 aromatic heterocycles. The Morgan fingerprint density at radius 2 is 2.07 bits per heavy atom. The molecule has 0 aliphatic heterocycles. The van der Waals surface area contributed by atoms with Crippen LogP contribution in [-0.4, -0.2) is 18.8 Å². The third-order valence-electron chi connectivity index (χ3n) is 1.82. The van der Waals surface area contributed by atoms with Crippen molar-refractivity contribution >= 4 is 17.4 Å². The number of alkyl halides is 2. The lowest BCUT2D eigenvalue weighted by Crippen LogP contribution is -2.25. The highest BCUT2D eigenvalue weighted by molar-refractivity contribution is 6.34. The van der Waals surface area contributed by atoms with E-state index < -0.39 is 11.7 Å². The molecule has 0 atom stereocenters. The van der Waals surface area contributed by atoms with Crippen LogP contribution in [0.15, 0.2) is 18.2 Å². The van der Waals surface area contributed by atoms with E-state index in [-0.39, 0.29) is 16.3 Å². The molecule has 0 heterocycles. The topological polar surface area (TPSA) is 26.3 Å². The van der Waals surface area contributed by atoms with Crippen molar-refractivity contribution in [1.82, 2.24) is 0 Å². The summed E-state index contributed by atoms with van der Waals surface area (Å²) in [6.07, 6.45) is 0. The average molecular weight is 235 g/mol. The van der Waals surface area contributed by atoms with Crippen LogP contribution in [-0.2, 0) is 0 Å². The van der Waals surface area contributed by atoms with E-state index in [9.17, 15) is 13.6 Å². The van der Waals surface area contributed by atoms with E-state index in [0.29, 0.717) is 6.92 Å². The molecule has 1 aromatic rings. The maximum atomic E-state index is 12.8. The zero-order valence-electron chi connectivity index (χ0n) is 8.18. The molecule has 0 spiro atoms. The summed E-state index contributed by atoms with van der Waals surface area (Å²) in [5, 5.41) is -0.0409. The molecule has 0 bridgehead atoms. The Morgan fingerprint density at radius 1 is 1.47 bits per heavy atom. The van der Waals surface area contributed by atoms with Crippen molar-refractivity contribution in [2.75, 3.05) is 7.11 Å². The van der Waals surface area contributed by atoms with E-state index in [1.54, 1.807) is 0 Å². The number of hydrogen-bond donors (Lipinski definition) is 0. The second-order valence-corrected chi connectivity index (χ2v) is 3.44. The predicted molar refractivity (Wildman–Crippen MR) is 53.0 cm³/mol. The van der Waals surface area contributed by atoms with Gasteiger partial charge in [-0.3, -0.25) is 4.79 Å². The minimum Gasteiger partial charge on any atom is -0.496 e. The van der Waals surface area contributed by atoms with Crippen molar-refractivity contribution in [1.29, 1.82) is 0 Å². The summed E-state index contributed by atoms with van der Waals surface area (Å²) >= 11 is 5.67. The first-order valence-electron chi connectivity index (χ1n) is 4.13. The van der Waals surface area contributed by atoms with Gasteiger partial charge in [-0.2, -0.15) is 8.78 Å². The largest absolute Gasteiger partial charge is 0.496 e. The number of carbonyl (C=O) groups is 1. The maximum absolute atomic E-state index is 12.8. The summed E-state index contributed by atoms with van der Waals surface area (Å²) in [7, 11) is 1.29. The van der Waals surface area contributed by atoms with Gasteiger partial charge in [0.1, 0.15) is 5.75 Å². The lowest BCUT2D eigenvalue weighted by atomic mass is 10.1. The van der Waals surface area contributed by atoms with Gasteiger partial charge >= 0.3 is 5.92 Å². The van der Waals surface area contributed by atoms with Crippen LogP contribution in [0.5, 0.6) is 5.75 Å². The molecule has 5 heteroatoms. The molecule has 0 N–H and O–H groups in total. The summed E-state index contributed by atoms with van der Waals surface area (Å²) in [5.41, 5.74) is -0.283. The van der Waals surface area contributed by atoms with Gasteiger partial charge in [0.15, 0.2) is 0 Å². The average Bonchev–Trinajstić information content (AvgIpc) is 2.15. The molecule has 0 aliphatic rings. The molecule has 0 fully saturated rings. The highest BCUT2D eigenvalue weighted by atomic mass is 35.5. The van der Waals surface area contributed by atoms with E-state index >= 15 is 0 Å². The van der Waals surface area contributed by atoms with E-state index in [0.717, 1.165) is 0 Å². The van der Waals surface area contributed by atoms with Gasteiger partial charge in [0.05, 0.1) is 17.7 Å². The van der Waals surface area contributed by atoms with Gasteiger partial charge in [-0.05, 0) is 12.1 Å². The summed E-state index contributed by atoms with van der Waals surface area (Å²) < 4.78 is 30.5. The third-order valence-corrected chi connectivity index (χ3v) is 2.14. The smallest absolute Gasteiger partial charge is 0.307 e. The van der Waals surface area contributed by atoms with Crippen LogP contribution < -0.4 is 4.74 Å². The first kappa shape index (κ1) is 11.9. The lowest BCUT2D eigenvalue weighted by Gasteiger charge is -2.13. The molecular formula is C10H9ClF2O2. The number of hydrogen-bond acceptors (Lipinski definition) is 2. The quantitative estimate of drug-likeness (QED) is 0.751. The fraction of sp³-hybridized carbons (Fsp3) is 0.300. The van der Waals surface area contributed by atoms with Crippen molar-refractivity contribution in [2.24, 2.45) is 0 Å². The second-order valence-electron chi connectivity index (χ2n) is 3.03. The molecule has 15 heavy (non-hydrogen) atoms. The van der Waals surface area contributed by atoms with Gasteiger partial charge in [0.2, 0.25) is 5.78 Å². The molecule has 0 radical (unpaired) electrons. The Bertz CT molecular complexity index is 385. The first-order valence-corrected chi connectivity index (χ1v) is 4.51. The van der Waals surface area contributed by atoms with Crippen molar-refractivity contribution < 1.29 is 18.3 Å². The normalized spacial score (nSPS) is 11.3. The molecule has 1 aromatic carbocycles. The number of methoxy groups -OCH3 is 1. The number of rotatable bonds is 3. The Labute approximate surface area is 90.8 Å². The number of ether oxygens (including phenoxy) is 1. The van der Waals surface area contributed by atoms with Gasteiger partial charge in [0, 0.05) is 6.92 Å². The second kappa shape index (κ2) is 4.14. The van der Waals surface area contributed by atoms with E-state index in [2.05, 4.69) is 0 Å². The Balaban J connectivity index is 3.30. The summed E-state index contributed by atoms with van der Waals surface area (Å²) in [6.45, 7) is 0.526. The fourth-order valence-electron chi connectivity index (χ4n) is 1.11. The molecular weight excluding hydrogens is 226 g/mol. The molecule has 0 saturated carbocycles. The minimum atomic E-state index is -3.46. The van der Waals surface area contributed by atoms with Gasteiger partial charge in [-0.1, -0.05) is 17.7 Å². The van der Waals surface area contributed by atoms with Crippen molar-refractivity contribution in [2.45, 2.75) is 12.8 Å². The number of carbonyl (C=O) groups excluding carboxylic acids is 1. The van der Waals surface area contributed by atoms with E-state index in [4.69, 9.17) is 16.3 Å². The number of ketones is 1. The summed E-state index contributed by atoms with van der Waals surface area (Å²) in [4.78, 5) is 11.4. The Morgan fingerprint density at radius 3 is 2.53 bits per heavy atom. The van der Waals surface area contributed by atoms with Crippen LogP contribution in [0.1, 0.15) is 17.3 Å². The highest BCUT2D eigenvalue weighted by Crippen LogP contribution is 2.31. The van der Waals surface area contributed by atoms with Crippen LogP contribution in [0.2, 0.25) is 5.02 Å². The molecule has 0 amide bonds. The number of benzene rings is 1. The standard InChI is InChI=1S/C10H9ClF2O2/c1-10(12,13)9(14)8-6(11)4-3-5-7(8)15-2/h3-5H,1-2H3. The number of halogens is 3. The Kier molecular flexibility index (Phi) is 3.29. The zero-order chi connectivity index (χ0) is 11.6. The molecule has 0 unspecified atom stereocenters. The SMILES string of the molecule is COc1cccc(Cl)c1C(=O)C(C)(F)F. The van der Waals surface area contributed by atoms with Crippen LogP contribution in [0.25, 0.3) is 0 Å². The maximum Gasteiger partial charge on any atom is 0.307 e. The van der Waals surface area contributed by atoms with Gasteiger partial charge in [-0.25, -0.2) is 0 Å². The summed E-state index contributed by atoms with van der Waals surface area (Å²) in [6, 6.07) is 4.29. The number of Topliss-reactive ketones (excluding diaryl/α,β-unsaturated/α-hetero) is 1. The van der Waals surface area contributed by atoms with Gasteiger partial charge in [-0.15, -0.1) is 0 Å². The molecule has 2 nitrogen and oxygen atoms in total. The van der Waals surface area contributed by atoms with Crippen LogP contribution in [0.3, 0.4) is 0 Å². The van der Waals surface area contributed by atoms with Crippen molar-refractivity contribution in [3.05, 3.63) is 28.8 Å². The van der Waals surface area contributed by atoms with E-state index in [1.165, 1.54) is 25.3 Å². The summed E-state index contributed by atoms with van der Waals surface area (Å²) in [5.74, 6) is -4.75. The van der Waals surface area contributed by atoms with Crippen LogP contribution in [0.4, 0.5) is 8.78 Å². The molecule has 0 saturated heterocycles. The lowest BCUT2D eigenvalue weighted by molar-refractivity contribution is 0.0219. The molecule has 82 valence electrons. The predicted octanol–water partition coefficient (Wildman–Crippen LogP) is 3.19. The molecule has 1 rings (SSSR count). The van der Waals surface area contributed by atoms with Crippen LogP contribution >= 0.6 is 11.6 Å². The molecule has 0 aliphatic carbocycles. The minimum absolute atomic E-state index is 0.0409. The monoisotopic (exact) mass is 234 g/mol. The third kappa shape index (κ3) is 2.45. The van der Waals surface area contributed by atoms with Crippen molar-refractivity contribution in [3.8, 4) is 5.75 Å². The Hall–Kier alpha value is -1.16. The van der Waals surface area contributed by atoms with E-state index in [1.807, 2.05) is 0 Å². The fourth-order valence-corrected chi connectivity index (χ4v) is 1.37. The first-order chi connectivity index (χ1) is 6.88. The van der Waals surface area contributed by atoms with Gasteiger partial charge in [0.25, 0.3) is 0 Å². The van der Waals surface area contributed by atoms with Gasteiger partial charge < -0.3 is 4.74 Å². The highest BCUT2D eigenvalue weighted by Gasteiger charge is 2.36. The van der Waals surface area contributed by atoms with Crippen molar-refractivity contribution in [3.63, 3.8) is 0 Å². The van der Waals surface area contributed by atoms with Crippen LogP contribution in [0, 0.1) is 0 Å².